The zero-order chi connectivity index (χ0) is 14.3. The van der Waals surface area contributed by atoms with Gasteiger partial charge in [0.05, 0.1) is 0 Å². The molecule has 1 rings (SSSR count). The molecule has 4 nitrogen and oxygen atoms in total. The predicted octanol–water partition coefficient (Wildman–Crippen LogP) is 2.56. The van der Waals surface area contributed by atoms with Crippen LogP contribution in [0.4, 0.5) is 0 Å². The fourth-order valence-corrected chi connectivity index (χ4v) is 2.02. The summed E-state index contributed by atoms with van der Waals surface area (Å²) >= 11 is 0. The molecule has 0 aliphatic heterocycles. The molecule has 0 unspecified atom stereocenters. The highest BCUT2D eigenvalue weighted by atomic mass is 16.2. The predicted molar refractivity (Wildman–Crippen MR) is 77.7 cm³/mol. The van der Waals surface area contributed by atoms with Crippen LogP contribution in [-0.4, -0.2) is 17.4 Å². The normalized spacial score (nSPS) is 10.5. The summed E-state index contributed by atoms with van der Waals surface area (Å²) in [5.74, 6) is -0.275. The van der Waals surface area contributed by atoms with Gasteiger partial charge in [-0.25, -0.2) is 0 Å². The van der Waals surface area contributed by atoms with Crippen LogP contribution in [0.5, 0.6) is 0 Å². The molecule has 1 aromatic heterocycles. The number of rotatable bonds is 7. The van der Waals surface area contributed by atoms with Crippen LogP contribution >= 0.6 is 0 Å². The van der Waals surface area contributed by atoms with E-state index in [9.17, 15) is 9.59 Å². The number of carbonyl (C=O) groups is 1. The summed E-state index contributed by atoms with van der Waals surface area (Å²) in [7, 11) is 0. The maximum absolute atomic E-state index is 11.9. The second-order valence-electron chi connectivity index (χ2n) is 4.89. The third kappa shape index (κ3) is 4.54. The average Bonchev–Trinajstić information content (AvgIpc) is 2.38. The maximum Gasteiger partial charge on any atom is 0.261 e. The number of H-pyrrole nitrogens is 1. The van der Waals surface area contributed by atoms with E-state index < -0.39 is 0 Å². The van der Waals surface area contributed by atoms with E-state index in [0.29, 0.717) is 6.54 Å². The first-order valence-electron chi connectivity index (χ1n) is 7.11. The van der Waals surface area contributed by atoms with Gasteiger partial charge in [0, 0.05) is 12.2 Å². The maximum atomic E-state index is 11.9. The van der Waals surface area contributed by atoms with Crippen molar-refractivity contribution >= 4 is 5.91 Å². The summed E-state index contributed by atoms with van der Waals surface area (Å²) in [4.78, 5) is 26.6. The van der Waals surface area contributed by atoms with Gasteiger partial charge in [0.1, 0.15) is 5.56 Å². The molecule has 2 N–H and O–H groups in total. The molecule has 0 radical (unpaired) electrons. The van der Waals surface area contributed by atoms with Gasteiger partial charge in [-0.1, -0.05) is 33.1 Å². The minimum absolute atomic E-state index is 0.217. The topological polar surface area (TPSA) is 62.0 Å². The van der Waals surface area contributed by atoms with E-state index in [-0.39, 0.29) is 17.0 Å². The molecule has 106 valence electrons. The lowest BCUT2D eigenvalue weighted by Crippen LogP contribution is -2.31. The Morgan fingerprint density at radius 1 is 1.26 bits per heavy atom. The molecule has 0 aliphatic rings. The summed E-state index contributed by atoms with van der Waals surface area (Å²) < 4.78 is 0. The Balaban J connectivity index is 2.75. The molecule has 19 heavy (non-hydrogen) atoms. The summed E-state index contributed by atoms with van der Waals surface area (Å²) in [6.07, 6.45) is 4.96. The Morgan fingerprint density at radius 3 is 2.63 bits per heavy atom. The lowest BCUT2D eigenvalue weighted by Gasteiger charge is -2.08. The monoisotopic (exact) mass is 264 g/mol. The van der Waals surface area contributed by atoms with E-state index >= 15 is 0 Å². The van der Waals surface area contributed by atoms with Gasteiger partial charge in [-0.2, -0.15) is 0 Å². The number of aryl methyl sites for hydroxylation is 2. The first-order valence-corrected chi connectivity index (χ1v) is 7.11. The number of pyridine rings is 1. The van der Waals surface area contributed by atoms with E-state index in [1.807, 2.05) is 6.92 Å². The van der Waals surface area contributed by atoms with Crippen molar-refractivity contribution < 1.29 is 4.79 Å². The lowest BCUT2D eigenvalue weighted by atomic mass is 10.1. The lowest BCUT2D eigenvalue weighted by molar-refractivity contribution is 0.0951. The smallest absolute Gasteiger partial charge is 0.261 e. The average molecular weight is 264 g/mol. The number of hydrogen-bond donors (Lipinski definition) is 2. The van der Waals surface area contributed by atoms with Crippen LogP contribution in [0.1, 0.15) is 61.1 Å². The number of aromatic nitrogens is 1. The molecule has 0 fully saturated rings. The van der Waals surface area contributed by atoms with Crippen molar-refractivity contribution in [3.8, 4) is 0 Å². The molecule has 0 atom stereocenters. The van der Waals surface area contributed by atoms with Crippen LogP contribution in [0.3, 0.4) is 0 Å². The van der Waals surface area contributed by atoms with Gasteiger partial charge in [0.15, 0.2) is 0 Å². The van der Waals surface area contributed by atoms with Crippen molar-refractivity contribution in [1.82, 2.24) is 10.3 Å². The summed E-state index contributed by atoms with van der Waals surface area (Å²) in [6.45, 7) is 6.73. The minimum atomic E-state index is -0.290. The van der Waals surface area contributed by atoms with Crippen LogP contribution in [0, 0.1) is 6.92 Å². The third-order valence-corrected chi connectivity index (χ3v) is 3.16. The number of hydrogen-bond acceptors (Lipinski definition) is 2. The Bertz CT molecular complexity index is 478. The zero-order valence-corrected chi connectivity index (χ0v) is 12.1. The molecule has 1 aromatic rings. The summed E-state index contributed by atoms with van der Waals surface area (Å²) in [5.41, 5.74) is 1.83. The molecule has 0 bridgehead atoms. The quantitative estimate of drug-likeness (QED) is 0.743. The van der Waals surface area contributed by atoms with Gasteiger partial charge in [0.2, 0.25) is 0 Å². The van der Waals surface area contributed by atoms with Crippen LogP contribution in [0.2, 0.25) is 0 Å². The molecule has 1 amide bonds. The van der Waals surface area contributed by atoms with E-state index in [0.717, 1.165) is 43.4 Å². The van der Waals surface area contributed by atoms with Crippen LogP contribution < -0.4 is 10.9 Å². The first-order chi connectivity index (χ1) is 9.10. The molecular formula is C15H24N2O2. The number of unbranched alkanes of at least 4 members (excludes halogenated alkanes) is 2. The molecule has 4 heteroatoms. The van der Waals surface area contributed by atoms with Crippen LogP contribution in [0.15, 0.2) is 10.9 Å². The van der Waals surface area contributed by atoms with E-state index in [1.165, 1.54) is 0 Å². The van der Waals surface area contributed by atoms with Crippen molar-refractivity contribution in [3.63, 3.8) is 0 Å². The fraction of sp³-hybridized carbons (Fsp3) is 0.600. The van der Waals surface area contributed by atoms with E-state index in [2.05, 4.69) is 24.1 Å². The summed E-state index contributed by atoms with van der Waals surface area (Å²) in [6, 6.07) is 1.69. The van der Waals surface area contributed by atoms with Crippen molar-refractivity contribution in [2.24, 2.45) is 0 Å². The number of carbonyl (C=O) groups excluding carboxylic acids is 1. The Hall–Kier alpha value is -1.58. The Labute approximate surface area is 114 Å². The molecule has 1 heterocycles. The SMILES string of the molecule is CCCCCNC(=O)c1cc(C)c(CCC)[nH]c1=O. The second kappa shape index (κ2) is 7.77. The molecule has 0 aliphatic carbocycles. The van der Waals surface area contributed by atoms with Crippen molar-refractivity contribution in [1.29, 1.82) is 0 Å². The number of amides is 1. The van der Waals surface area contributed by atoms with E-state index in [4.69, 9.17) is 0 Å². The molecule has 0 saturated heterocycles. The van der Waals surface area contributed by atoms with Gasteiger partial charge < -0.3 is 10.3 Å². The third-order valence-electron chi connectivity index (χ3n) is 3.16. The van der Waals surface area contributed by atoms with Gasteiger partial charge in [-0.15, -0.1) is 0 Å². The molecule has 0 saturated carbocycles. The minimum Gasteiger partial charge on any atom is -0.352 e. The van der Waals surface area contributed by atoms with Gasteiger partial charge >= 0.3 is 0 Å². The van der Waals surface area contributed by atoms with Gasteiger partial charge in [-0.3, -0.25) is 9.59 Å². The largest absolute Gasteiger partial charge is 0.352 e. The van der Waals surface area contributed by atoms with E-state index in [1.54, 1.807) is 6.07 Å². The standard InChI is InChI=1S/C15H24N2O2/c1-4-6-7-9-16-14(18)12-10-11(3)13(8-5-2)17-15(12)19/h10H,4-9H2,1-3H3,(H,16,18)(H,17,19). The Morgan fingerprint density at radius 2 is 2.00 bits per heavy atom. The second-order valence-corrected chi connectivity index (χ2v) is 4.89. The highest BCUT2D eigenvalue weighted by Gasteiger charge is 2.12. The number of aromatic amines is 1. The van der Waals surface area contributed by atoms with Gasteiger partial charge in [0.25, 0.3) is 11.5 Å². The molecule has 0 aromatic carbocycles. The highest BCUT2D eigenvalue weighted by molar-refractivity contribution is 5.93. The number of nitrogens with one attached hydrogen (secondary N) is 2. The van der Waals surface area contributed by atoms with Crippen molar-refractivity contribution in [2.75, 3.05) is 6.54 Å². The molecule has 0 spiro atoms. The zero-order valence-electron chi connectivity index (χ0n) is 12.1. The van der Waals surface area contributed by atoms with Crippen LogP contribution in [0.25, 0.3) is 0 Å². The first kappa shape index (κ1) is 15.5. The molecular weight excluding hydrogens is 240 g/mol. The van der Waals surface area contributed by atoms with Crippen LogP contribution in [-0.2, 0) is 6.42 Å². The van der Waals surface area contributed by atoms with Crippen molar-refractivity contribution in [2.45, 2.75) is 52.9 Å². The Kier molecular flexibility index (Phi) is 6.33. The van der Waals surface area contributed by atoms with Gasteiger partial charge in [-0.05, 0) is 31.4 Å². The highest BCUT2D eigenvalue weighted by Crippen LogP contribution is 2.07. The summed E-state index contributed by atoms with van der Waals surface area (Å²) in [5, 5.41) is 2.79. The fourth-order valence-electron chi connectivity index (χ4n) is 2.02. The van der Waals surface area contributed by atoms with Crippen molar-refractivity contribution in [3.05, 3.63) is 33.2 Å².